The van der Waals surface area contributed by atoms with E-state index in [0.29, 0.717) is 17.9 Å². The van der Waals surface area contributed by atoms with Crippen LogP contribution in [0.5, 0.6) is 0 Å². The number of rotatable bonds is 8. The lowest BCUT2D eigenvalue weighted by Gasteiger charge is -2.14. The number of sulfonamides is 1. The van der Waals surface area contributed by atoms with E-state index in [1.54, 1.807) is 0 Å². The van der Waals surface area contributed by atoms with Crippen molar-refractivity contribution in [1.82, 2.24) is 14.3 Å². The van der Waals surface area contributed by atoms with Crippen molar-refractivity contribution in [1.29, 1.82) is 0 Å². The maximum atomic E-state index is 13.1. The zero-order valence-electron chi connectivity index (χ0n) is 19.1. The van der Waals surface area contributed by atoms with Gasteiger partial charge in [-0.05, 0) is 42.4 Å². The number of nitrogens with one attached hydrogen (secondary N) is 1. The lowest BCUT2D eigenvalue weighted by molar-refractivity contribution is 0.152. The zero-order valence-corrected chi connectivity index (χ0v) is 20.7. The second kappa shape index (κ2) is 9.69. The van der Waals surface area contributed by atoms with Crippen molar-refractivity contribution in [3.8, 4) is 11.1 Å². The van der Waals surface area contributed by atoms with Crippen LogP contribution in [-0.4, -0.2) is 30.7 Å². The molecule has 0 unspecified atom stereocenters. The highest BCUT2D eigenvalue weighted by Gasteiger charge is 2.27. The Labute approximate surface area is 198 Å². The van der Waals surface area contributed by atoms with E-state index in [2.05, 4.69) is 28.1 Å². The molecule has 1 atom stereocenters. The summed E-state index contributed by atoms with van der Waals surface area (Å²) in [6.45, 7) is 6.20. The highest BCUT2D eigenvalue weighted by atomic mass is 32.2. The van der Waals surface area contributed by atoms with Gasteiger partial charge in [-0.25, -0.2) is 22.9 Å². The van der Waals surface area contributed by atoms with Crippen LogP contribution in [0, 0.1) is 5.92 Å². The fourth-order valence-electron chi connectivity index (χ4n) is 4.15. The van der Waals surface area contributed by atoms with Crippen LogP contribution in [0.4, 0.5) is 4.79 Å². The Morgan fingerprint density at radius 2 is 2.06 bits per heavy atom. The number of carbonyl (C=O) groups is 1. The monoisotopic (exact) mass is 487 g/mol. The minimum atomic E-state index is -4.06. The molecule has 0 bridgehead atoms. The quantitative estimate of drug-likeness (QED) is 0.473. The minimum Gasteiger partial charge on any atom is -0.449 e. The van der Waals surface area contributed by atoms with Gasteiger partial charge in [0.1, 0.15) is 10.0 Å². The van der Waals surface area contributed by atoms with Gasteiger partial charge in [-0.15, -0.1) is 11.3 Å². The normalized spacial score (nSPS) is 15.6. The number of fused-ring (bicyclic) bond motifs is 1. The van der Waals surface area contributed by atoms with E-state index in [0.717, 1.165) is 35.5 Å². The third-order valence-electron chi connectivity index (χ3n) is 5.59. The Hall–Kier alpha value is -2.65. The molecule has 4 rings (SSSR count). The molecule has 0 saturated carbocycles. The third-order valence-corrected chi connectivity index (χ3v) is 8.59. The van der Waals surface area contributed by atoms with E-state index in [1.807, 2.05) is 49.6 Å². The maximum absolute atomic E-state index is 13.1. The number of amides is 1. The fourth-order valence-corrected chi connectivity index (χ4v) is 6.99. The van der Waals surface area contributed by atoms with E-state index in [1.165, 1.54) is 16.9 Å². The number of imidazole rings is 1. The van der Waals surface area contributed by atoms with Crippen molar-refractivity contribution in [3.05, 3.63) is 59.0 Å². The molecule has 7 nitrogen and oxygen atoms in total. The molecule has 176 valence electrons. The van der Waals surface area contributed by atoms with E-state index in [-0.39, 0.29) is 16.9 Å². The Bertz CT molecular complexity index is 1230. The summed E-state index contributed by atoms with van der Waals surface area (Å²) in [7, 11) is -4.06. The van der Waals surface area contributed by atoms with E-state index in [9.17, 15) is 13.2 Å². The minimum absolute atomic E-state index is 0.136. The standard InChI is InChI=1S/C24H29N3O4S2/c1-4-13-31-24(28)26-33(29,30)23-20(15-19(32-23)14-16(2)3)17-5-7-18(8-6-17)21-9-10-22-25-11-12-27(21)22/h5-8,11-12,15-16,21H,4,9-10,13-14H2,1-3H3,(H,26,28)/t21-/m1/s1. The predicted octanol–water partition coefficient (Wildman–Crippen LogP) is 5.17. The van der Waals surface area contributed by atoms with Crippen molar-refractivity contribution in [2.24, 2.45) is 5.92 Å². The van der Waals surface area contributed by atoms with Gasteiger partial charge in [-0.3, -0.25) is 0 Å². The van der Waals surface area contributed by atoms with Gasteiger partial charge in [0.25, 0.3) is 10.0 Å². The summed E-state index contributed by atoms with van der Waals surface area (Å²) in [4.78, 5) is 17.3. The molecule has 0 saturated heterocycles. The van der Waals surface area contributed by atoms with Gasteiger partial charge >= 0.3 is 6.09 Å². The van der Waals surface area contributed by atoms with Gasteiger partial charge in [-0.2, -0.15) is 0 Å². The number of ether oxygens (including phenoxy) is 1. The summed E-state index contributed by atoms with van der Waals surface area (Å²) in [5, 5.41) is 0. The molecule has 2 aromatic heterocycles. The second-order valence-electron chi connectivity index (χ2n) is 8.68. The average Bonchev–Trinajstić information content (AvgIpc) is 3.47. The summed E-state index contributed by atoms with van der Waals surface area (Å²) >= 11 is 1.21. The van der Waals surface area contributed by atoms with Gasteiger partial charge in [0.05, 0.1) is 12.6 Å². The molecule has 1 aliphatic rings. The first-order valence-electron chi connectivity index (χ1n) is 11.2. The number of aryl methyl sites for hydroxylation is 1. The van der Waals surface area contributed by atoms with Gasteiger partial charge in [0.2, 0.25) is 0 Å². The molecule has 3 heterocycles. The smallest absolute Gasteiger partial charge is 0.421 e. The molecule has 1 N–H and O–H groups in total. The van der Waals surface area contributed by atoms with Crippen molar-refractivity contribution in [2.45, 2.75) is 56.7 Å². The Balaban J connectivity index is 1.65. The van der Waals surface area contributed by atoms with Crippen molar-refractivity contribution >= 4 is 27.5 Å². The van der Waals surface area contributed by atoms with Gasteiger partial charge in [0, 0.05) is 29.3 Å². The highest BCUT2D eigenvalue weighted by molar-refractivity contribution is 7.92. The summed E-state index contributed by atoms with van der Waals surface area (Å²) in [6, 6.07) is 10.2. The van der Waals surface area contributed by atoms with E-state index < -0.39 is 16.1 Å². The predicted molar refractivity (Wildman–Crippen MR) is 129 cm³/mol. The van der Waals surface area contributed by atoms with E-state index in [4.69, 9.17) is 4.74 Å². The van der Waals surface area contributed by atoms with E-state index >= 15 is 0 Å². The molecule has 1 aliphatic heterocycles. The number of benzene rings is 1. The van der Waals surface area contributed by atoms with Crippen molar-refractivity contribution in [2.75, 3.05) is 6.61 Å². The lowest BCUT2D eigenvalue weighted by Crippen LogP contribution is -2.31. The van der Waals surface area contributed by atoms with Gasteiger partial charge in [0.15, 0.2) is 0 Å². The zero-order chi connectivity index (χ0) is 23.6. The van der Waals surface area contributed by atoms with Gasteiger partial charge < -0.3 is 9.30 Å². The molecular formula is C24H29N3O4S2. The maximum Gasteiger partial charge on any atom is 0.421 e. The average molecular weight is 488 g/mol. The molecule has 33 heavy (non-hydrogen) atoms. The lowest BCUT2D eigenvalue weighted by atomic mass is 10.0. The summed E-state index contributed by atoms with van der Waals surface area (Å²) < 4.78 is 35.5. The molecule has 3 aromatic rings. The van der Waals surface area contributed by atoms with Crippen LogP contribution in [-0.2, 0) is 27.6 Å². The van der Waals surface area contributed by atoms with Crippen molar-refractivity contribution < 1.29 is 17.9 Å². The Morgan fingerprint density at radius 3 is 2.76 bits per heavy atom. The summed E-state index contributed by atoms with van der Waals surface area (Å²) in [5.74, 6) is 1.47. The Morgan fingerprint density at radius 1 is 1.30 bits per heavy atom. The SMILES string of the molecule is CCCOC(=O)NS(=O)(=O)c1sc(CC(C)C)cc1-c1ccc([C@H]2CCc3nccn32)cc1. The number of aromatic nitrogens is 2. The largest absolute Gasteiger partial charge is 0.449 e. The molecule has 0 aliphatic carbocycles. The molecule has 0 spiro atoms. The molecular weight excluding hydrogens is 458 g/mol. The third kappa shape index (κ3) is 5.14. The number of carbonyl (C=O) groups excluding carboxylic acids is 1. The van der Waals surface area contributed by atoms with Crippen LogP contribution in [0.2, 0.25) is 0 Å². The summed E-state index contributed by atoms with van der Waals surface area (Å²) in [5.41, 5.74) is 2.57. The first-order chi connectivity index (χ1) is 15.8. The van der Waals surface area contributed by atoms with Gasteiger partial charge in [-0.1, -0.05) is 45.0 Å². The van der Waals surface area contributed by atoms with Crippen LogP contribution in [0.1, 0.15) is 55.9 Å². The number of hydrogen-bond acceptors (Lipinski definition) is 6. The first-order valence-corrected chi connectivity index (χ1v) is 13.5. The van der Waals surface area contributed by atoms with Crippen LogP contribution in [0.25, 0.3) is 11.1 Å². The topological polar surface area (TPSA) is 90.3 Å². The number of thiophene rings is 1. The van der Waals surface area contributed by atoms with Crippen LogP contribution in [0.3, 0.4) is 0 Å². The molecule has 0 radical (unpaired) electrons. The van der Waals surface area contributed by atoms with Crippen LogP contribution < -0.4 is 4.72 Å². The van der Waals surface area contributed by atoms with Crippen LogP contribution >= 0.6 is 11.3 Å². The molecule has 1 aromatic carbocycles. The molecule has 0 fully saturated rings. The number of nitrogens with zero attached hydrogens (tertiary/aromatic N) is 2. The second-order valence-corrected chi connectivity index (χ2v) is 11.7. The highest BCUT2D eigenvalue weighted by Crippen LogP contribution is 2.38. The first kappa shape index (κ1) is 23.5. The molecule has 1 amide bonds. The molecule has 9 heteroatoms. The van der Waals surface area contributed by atoms with Crippen LogP contribution in [0.15, 0.2) is 46.9 Å². The Kier molecular flexibility index (Phi) is 6.90. The fraction of sp³-hybridized carbons (Fsp3) is 0.417. The number of hydrogen-bond donors (Lipinski definition) is 1. The summed E-state index contributed by atoms with van der Waals surface area (Å²) in [6.07, 6.45) is 6.21. The van der Waals surface area contributed by atoms with Crippen molar-refractivity contribution in [3.63, 3.8) is 0 Å².